The highest BCUT2D eigenvalue weighted by Gasteiger charge is 2.51. The Balaban J connectivity index is 2.25. The highest BCUT2D eigenvalue weighted by molar-refractivity contribution is 5.49. The lowest BCUT2D eigenvalue weighted by Crippen LogP contribution is -2.47. The van der Waals surface area contributed by atoms with E-state index in [0.717, 1.165) is 0 Å². The summed E-state index contributed by atoms with van der Waals surface area (Å²) in [6.45, 7) is 9.48. The third kappa shape index (κ3) is 3.18. The number of hydrogen-bond acceptors (Lipinski definition) is 0. The van der Waals surface area contributed by atoms with Gasteiger partial charge in [-0.15, -0.1) is 0 Å². The zero-order chi connectivity index (χ0) is 18.6. The van der Waals surface area contributed by atoms with Crippen LogP contribution in [0.25, 0.3) is 0 Å². The number of hydrogen-bond donors (Lipinski definition) is 0. The first-order valence-electron chi connectivity index (χ1n) is 10.00. The lowest BCUT2D eigenvalue weighted by Gasteiger charge is -2.51. The summed E-state index contributed by atoms with van der Waals surface area (Å²) in [7, 11) is 0. The second-order valence-corrected chi connectivity index (χ2v) is 8.50. The first kappa shape index (κ1) is 18.7. The predicted octanol–water partition coefficient (Wildman–Crippen LogP) is 7.32. The van der Waals surface area contributed by atoms with Crippen molar-refractivity contribution < 1.29 is 0 Å². The van der Waals surface area contributed by atoms with Gasteiger partial charge >= 0.3 is 0 Å². The van der Waals surface area contributed by atoms with Gasteiger partial charge in [0.2, 0.25) is 0 Å². The molecule has 3 rings (SSSR count). The van der Waals surface area contributed by atoms with E-state index in [1.807, 2.05) is 0 Å². The van der Waals surface area contributed by atoms with Crippen LogP contribution in [0.5, 0.6) is 0 Å². The molecule has 0 aliphatic heterocycles. The molecule has 0 saturated heterocycles. The molecule has 0 heterocycles. The van der Waals surface area contributed by atoms with Gasteiger partial charge < -0.3 is 0 Å². The van der Waals surface area contributed by atoms with Gasteiger partial charge in [0, 0.05) is 11.3 Å². The molecule has 2 aromatic rings. The van der Waals surface area contributed by atoms with E-state index >= 15 is 0 Å². The van der Waals surface area contributed by atoms with Gasteiger partial charge in [-0.1, -0.05) is 119 Å². The monoisotopic (exact) mass is 344 g/mol. The Morgan fingerprint density at radius 3 is 1.81 bits per heavy atom. The Labute approximate surface area is 159 Å². The predicted molar refractivity (Wildman–Crippen MR) is 113 cm³/mol. The standard InChI is InChI=1S/C26H32/c1-5-6-14-21-15-13-20-24(21)26(25(2,3)4,22-16-9-7-10-17-22)23-18-11-8-12-19-23/h7-13,15-20,24H,5-6,14H2,1-4H3. The highest BCUT2D eigenvalue weighted by atomic mass is 14.5. The molecule has 1 aliphatic carbocycles. The van der Waals surface area contributed by atoms with Crippen LogP contribution in [0.2, 0.25) is 0 Å². The third-order valence-electron chi connectivity index (χ3n) is 5.94. The number of rotatable bonds is 6. The van der Waals surface area contributed by atoms with Crippen molar-refractivity contribution in [3.05, 3.63) is 95.6 Å². The molecule has 1 unspecified atom stereocenters. The van der Waals surface area contributed by atoms with Crippen molar-refractivity contribution >= 4 is 0 Å². The van der Waals surface area contributed by atoms with Gasteiger partial charge in [0.05, 0.1) is 0 Å². The van der Waals surface area contributed by atoms with Crippen LogP contribution >= 0.6 is 0 Å². The molecule has 1 atom stereocenters. The molecule has 2 aromatic carbocycles. The molecular formula is C26H32. The lowest BCUT2D eigenvalue weighted by molar-refractivity contribution is 0.187. The maximum absolute atomic E-state index is 2.44. The summed E-state index contributed by atoms with van der Waals surface area (Å²) >= 11 is 0. The minimum Gasteiger partial charge on any atom is -0.0761 e. The van der Waals surface area contributed by atoms with Crippen LogP contribution in [-0.4, -0.2) is 0 Å². The van der Waals surface area contributed by atoms with Gasteiger partial charge in [0.15, 0.2) is 0 Å². The summed E-state index contributed by atoms with van der Waals surface area (Å²) in [5.41, 5.74) is 4.40. The fourth-order valence-electron chi connectivity index (χ4n) is 4.82. The van der Waals surface area contributed by atoms with E-state index in [1.165, 1.54) is 30.4 Å². The van der Waals surface area contributed by atoms with Gasteiger partial charge in [-0.05, 0) is 29.4 Å². The van der Waals surface area contributed by atoms with Crippen LogP contribution < -0.4 is 0 Å². The molecular weight excluding hydrogens is 312 g/mol. The molecule has 0 amide bonds. The topological polar surface area (TPSA) is 0 Å². The largest absolute Gasteiger partial charge is 0.0761 e. The summed E-state index contributed by atoms with van der Waals surface area (Å²) < 4.78 is 0. The van der Waals surface area contributed by atoms with Crippen molar-refractivity contribution in [2.75, 3.05) is 0 Å². The maximum Gasteiger partial charge on any atom is 0.0351 e. The Hall–Kier alpha value is -2.08. The number of unbranched alkanes of at least 4 members (excludes halogenated alkanes) is 1. The van der Waals surface area contributed by atoms with Crippen molar-refractivity contribution in [3.63, 3.8) is 0 Å². The first-order chi connectivity index (χ1) is 12.5. The van der Waals surface area contributed by atoms with E-state index in [1.54, 1.807) is 5.57 Å². The summed E-state index contributed by atoms with van der Waals surface area (Å²) in [5.74, 6) is 0.402. The van der Waals surface area contributed by atoms with Gasteiger partial charge in [0.25, 0.3) is 0 Å². The van der Waals surface area contributed by atoms with E-state index in [4.69, 9.17) is 0 Å². The SMILES string of the molecule is CCCCC1=CC=CC1C(c1ccccc1)(c1ccccc1)C(C)(C)C. The van der Waals surface area contributed by atoms with Crippen LogP contribution in [0, 0.1) is 11.3 Å². The van der Waals surface area contributed by atoms with Crippen molar-refractivity contribution in [3.8, 4) is 0 Å². The zero-order valence-corrected chi connectivity index (χ0v) is 16.7. The lowest BCUT2D eigenvalue weighted by atomic mass is 9.52. The Morgan fingerprint density at radius 1 is 0.808 bits per heavy atom. The normalized spacial score (nSPS) is 17.4. The Morgan fingerprint density at radius 2 is 1.35 bits per heavy atom. The molecule has 0 bridgehead atoms. The molecule has 0 radical (unpaired) electrons. The summed E-state index contributed by atoms with van der Waals surface area (Å²) in [6, 6.07) is 22.3. The highest BCUT2D eigenvalue weighted by Crippen LogP contribution is 2.56. The average Bonchev–Trinajstić information content (AvgIpc) is 3.10. The van der Waals surface area contributed by atoms with E-state index in [-0.39, 0.29) is 10.8 Å². The van der Waals surface area contributed by atoms with Crippen molar-refractivity contribution in [1.82, 2.24) is 0 Å². The third-order valence-corrected chi connectivity index (χ3v) is 5.94. The van der Waals surface area contributed by atoms with Gasteiger partial charge in [-0.25, -0.2) is 0 Å². The summed E-state index contributed by atoms with van der Waals surface area (Å²) in [6.07, 6.45) is 10.8. The zero-order valence-electron chi connectivity index (χ0n) is 16.7. The molecule has 0 nitrogen and oxygen atoms in total. The average molecular weight is 345 g/mol. The second-order valence-electron chi connectivity index (χ2n) is 8.50. The molecule has 26 heavy (non-hydrogen) atoms. The Bertz CT molecular complexity index is 717. The molecule has 0 spiro atoms. The smallest absolute Gasteiger partial charge is 0.0351 e. The molecule has 0 N–H and O–H groups in total. The van der Waals surface area contributed by atoms with E-state index in [2.05, 4.69) is 107 Å². The maximum atomic E-state index is 2.44. The van der Waals surface area contributed by atoms with Gasteiger partial charge in [0.1, 0.15) is 0 Å². The second kappa shape index (κ2) is 7.66. The first-order valence-corrected chi connectivity index (χ1v) is 10.00. The molecule has 0 fully saturated rings. The molecule has 1 aliphatic rings. The number of allylic oxidation sites excluding steroid dienone is 4. The van der Waals surface area contributed by atoms with Crippen molar-refractivity contribution in [2.45, 2.75) is 52.4 Å². The number of benzene rings is 2. The minimum atomic E-state index is -0.0813. The van der Waals surface area contributed by atoms with Crippen molar-refractivity contribution in [2.24, 2.45) is 11.3 Å². The van der Waals surface area contributed by atoms with Gasteiger partial charge in [-0.3, -0.25) is 0 Å². The molecule has 136 valence electrons. The van der Waals surface area contributed by atoms with Crippen LogP contribution in [0.4, 0.5) is 0 Å². The van der Waals surface area contributed by atoms with E-state index in [0.29, 0.717) is 5.92 Å². The fourth-order valence-corrected chi connectivity index (χ4v) is 4.82. The van der Waals surface area contributed by atoms with Crippen LogP contribution in [-0.2, 0) is 5.41 Å². The minimum absolute atomic E-state index is 0.0698. The summed E-state index contributed by atoms with van der Waals surface area (Å²) in [4.78, 5) is 0. The van der Waals surface area contributed by atoms with Crippen LogP contribution in [0.3, 0.4) is 0 Å². The quantitative estimate of drug-likeness (QED) is 0.515. The van der Waals surface area contributed by atoms with E-state index < -0.39 is 0 Å². The van der Waals surface area contributed by atoms with Crippen LogP contribution in [0.1, 0.15) is 58.1 Å². The molecule has 0 saturated carbocycles. The molecule has 0 aromatic heterocycles. The summed E-state index contributed by atoms with van der Waals surface area (Å²) in [5, 5.41) is 0. The van der Waals surface area contributed by atoms with Gasteiger partial charge in [-0.2, -0.15) is 0 Å². The van der Waals surface area contributed by atoms with E-state index in [9.17, 15) is 0 Å². The molecule has 0 heteroatoms. The van der Waals surface area contributed by atoms with Crippen LogP contribution in [0.15, 0.2) is 84.5 Å². The van der Waals surface area contributed by atoms with Crippen molar-refractivity contribution in [1.29, 1.82) is 0 Å². The Kier molecular flexibility index (Phi) is 5.51. The fraction of sp³-hybridized carbons (Fsp3) is 0.385.